The molecule has 0 spiro atoms. The molecule has 0 saturated heterocycles. The van der Waals surface area contributed by atoms with Crippen LogP contribution in [0.15, 0.2) is 65.5 Å². The van der Waals surface area contributed by atoms with Crippen LogP contribution >= 0.6 is 11.3 Å². The van der Waals surface area contributed by atoms with Crippen molar-refractivity contribution in [2.75, 3.05) is 0 Å². The van der Waals surface area contributed by atoms with Gasteiger partial charge in [-0.3, -0.25) is 4.79 Å². The number of aryl methyl sites for hydroxylation is 2. The fourth-order valence-electron chi connectivity index (χ4n) is 4.68. The maximum Gasteiger partial charge on any atom is 0.195 e. The van der Waals surface area contributed by atoms with Gasteiger partial charge in [-0.15, -0.1) is 11.3 Å². The Bertz CT molecular complexity index is 1480. The fraction of sp³-hybridized carbons (Fsp3) is 0.276. The fourth-order valence-corrected chi connectivity index (χ4v) is 5.78. The van der Waals surface area contributed by atoms with Gasteiger partial charge in [0.1, 0.15) is 0 Å². The van der Waals surface area contributed by atoms with E-state index in [2.05, 4.69) is 50.2 Å². The highest BCUT2D eigenvalue weighted by atomic mass is 32.1. The number of benzene rings is 4. The Kier molecular flexibility index (Phi) is 5.50. The maximum absolute atomic E-state index is 13.2. The third kappa shape index (κ3) is 3.64. The summed E-state index contributed by atoms with van der Waals surface area (Å²) in [6, 6.07) is 21.7. The van der Waals surface area contributed by atoms with Gasteiger partial charge in [0.2, 0.25) is 0 Å². The van der Waals surface area contributed by atoms with Crippen LogP contribution in [0.2, 0.25) is 0 Å². The summed E-state index contributed by atoms with van der Waals surface area (Å²) in [7, 11) is 0. The first-order valence-electron chi connectivity index (χ1n) is 11.5. The topological polar surface area (TPSA) is 17.1 Å². The molecule has 0 saturated carbocycles. The third-order valence-electron chi connectivity index (χ3n) is 6.45. The van der Waals surface area contributed by atoms with Gasteiger partial charge in [-0.25, -0.2) is 0 Å². The van der Waals surface area contributed by atoms with Gasteiger partial charge >= 0.3 is 0 Å². The molecule has 1 aromatic heterocycles. The van der Waals surface area contributed by atoms with E-state index in [4.69, 9.17) is 0 Å². The zero-order valence-corrected chi connectivity index (χ0v) is 19.1. The van der Waals surface area contributed by atoms with Crippen molar-refractivity contribution >= 4 is 53.1 Å². The Morgan fingerprint density at radius 2 is 1.23 bits per heavy atom. The van der Waals surface area contributed by atoms with E-state index in [1.54, 1.807) is 11.3 Å². The highest BCUT2D eigenvalue weighted by molar-refractivity contribution is 7.24. The molecule has 0 aliphatic rings. The molecule has 4 aromatic carbocycles. The summed E-state index contributed by atoms with van der Waals surface area (Å²) in [5, 5.41) is 6.83. The van der Waals surface area contributed by atoms with Crippen LogP contribution in [0, 0.1) is 0 Å². The van der Waals surface area contributed by atoms with Crippen molar-refractivity contribution in [3.05, 3.63) is 82.0 Å². The standard InChI is InChI=1S/C29H28OS/c1-3-5-9-19-13-14-20(10-6-4-2)25-16-22-18-28-26(17-21(22)15-24(19)25)29(30)23-11-7-8-12-27(23)31-28/h7-8,11-18H,3-6,9-10H2,1-2H3. The molecular weight excluding hydrogens is 396 g/mol. The van der Waals surface area contributed by atoms with Crippen LogP contribution in [0.1, 0.15) is 50.7 Å². The molecule has 0 bridgehead atoms. The minimum Gasteiger partial charge on any atom is -0.289 e. The van der Waals surface area contributed by atoms with Crippen molar-refractivity contribution in [3.8, 4) is 0 Å². The molecule has 0 amide bonds. The van der Waals surface area contributed by atoms with Crippen LogP contribution in [0.5, 0.6) is 0 Å². The lowest BCUT2D eigenvalue weighted by Gasteiger charge is -2.13. The number of hydrogen-bond acceptors (Lipinski definition) is 2. The molecule has 5 rings (SSSR count). The van der Waals surface area contributed by atoms with E-state index in [0.29, 0.717) is 0 Å². The molecule has 5 aromatic rings. The van der Waals surface area contributed by atoms with E-state index in [9.17, 15) is 4.79 Å². The molecule has 1 heterocycles. The Balaban J connectivity index is 1.81. The number of fused-ring (bicyclic) bond motifs is 4. The van der Waals surface area contributed by atoms with Gasteiger partial charge in [-0.1, -0.05) is 51.0 Å². The van der Waals surface area contributed by atoms with Crippen LogP contribution in [0.3, 0.4) is 0 Å². The number of unbranched alkanes of at least 4 members (excludes halogenated alkanes) is 2. The molecule has 0 atom stereocenters. The minimum absolute atomic E-state index is 0.147. The molecule has 0 unspecified atom stereocenters. The van der Waals surface area contributed by atoms with E-state index in [1.165, 1.54) is 58.4 Å². The maximum atomic E-state index is 13.2. The molecule has 0 aliphatic heterocycles. The monoisotopic (exact) mass is 424 g/mol. The van der Waals surface area contributed by atoms with E-state index in [0.717, 1.165) is 33.0 Å². The molecule has 156 valence electrons. The summed E-state index contributed by atoms with van der Waals surface area (Å²) in [6.07, 6.45) is 7.06. The Morgan fingerprint density at radius 3 is 1.87 bits per heavy atom. The third-order valence-corrected chi connectivity index (χ3v) is 7.58. The first-order chi connectivity index (χ1) is 15.2. The smallest absolute Gasteiger partial charge is 0.195 e. The average Bonchev–Trinajstić information content (AvgIpc) is 2.79. The second-order valence-corrected chi connectivity index (χ2v) is 9.70. The summed E-state index contributed by atoms with van der Waals surface area (Å²) in [4.78, 5) is 13.2. The summed E-state index contributed by atoms with van der Waals surface area (Å²) >= 11 is 1.72. The average molecular weight is 425 g/mol. The summed E-state index contributed by atoms with van der Waals surface area (Å²) < 4.78 is 2.14. The SMILES string of the molecule is CCCCc1ccc(CCCC)c2cc3cc4c(=O)c5ccccc5sc4cc3cc12. The summed E-state index contributed by atoms with van der Waals surface area (Å²) in [6.45, 7) is 4.51. The van der Waals surface area contributed by atoms with Crippen LogP contribution in [-0.4, -0.2) is 0 Å². The molecule has 0 radical (unpaired) electrons. The number of rotatable bonds is 6. The molecule has 0 fully saturated rings. The van der Waals surface area contributed by atoms with Gasteiger partial charge in [-0.05, 0) is 94.8 Å². The van der Waals surface area contributed by atoms with Gasteiger partial charge in [-0.2, -0.15) is 0 Å². The van der Waals surface area contributed by atoms with Crippen LogP contribution in [0.25, 0.3) is 41.7 Å². The largest absolute Gasteiger partial charge is 0.289 e. The first-order valence-corrected chi connectivity index (χ1v) is 12.3. The van der Waals surface area contributed by atoms with Gasteiger partial charge in [0.15, 0.2) is 5.43 Å². The zero-order chi connectivity index (χ0) is 21.4. The van der Waals surface area contributed by atoms with E-state index < -0.39 is 0 Å². The van der Waals surface area contributed by atoms with Crippen molar-refractivity contribution in [2.45, 2.75) is 52.4 Å². The lowest BCUT2D eigenvalue weighted by molar-refractivity contribution is 0.792. The van der Waals surface area contributed by atoms with E-state index in [1.807, 2.05) is 24.3 Å². The number of hydrogen-bond donors (Lipinski definition) is 0. The van der Waals surface area contributed by atoms with Crippen LogP contribution in [0.4, 0.5) is 0 Å². The van der Waals surface area contributed by atoms with Gasteiger partial charge in [0.05, 0.1) is 0 Å². The van der Waals surface area contributed by atoms with Gasteiger partial charge < -0.3 is 0 Å². The Labute approximate surface area is 187 Å². The summed E-state index contributed by atoms with van der Waals surface area (Å²) in [5.74, 6) is 0. The quantitative estimate of drug-likeness (QED) is 0.250. The van der Waals surface area contributed by atoms with Gasteiger partial charge in [0, 0.05) is 20.2 Å². The first kappa shape index (κ1) is 20.2. The predicted octanol–water partition coefficient (Wildman–Crippen LogP) is 8.41. The van der Waals surface area contributed by atoms with Crippen molar-refractivity contribution in [1.82, 2.24) is 0 Å². The molecular formula is C29H28OS. The van der Waals surface area contributed by atoms with Crippen LogP contribution < -0.4 is 5.43 Å². The van der Waals surface area contributed by atoms with Crippen molar-refractivity contribution in [3.63, 3.8) is 0 Å². The van der Waals surface area contributed by atoms with Gasteiger partial charge in [0.25, 0.3) is 0 Å². The lowest BCUT2D eigenvalue weighted by atomic mass is 9.91. The van der Waals surface area contributed by atoms with Crippen molar-refractivity contribution in [2.24, 2.45) is 0 Å². The minimum atomic E-state index is 0.147. The second-order valence-electron chi connectivity index (χ2n) is 8.61. The molecule has 2 heteroatoms. The zero-order valence-electron chi connectivity index (χ0n) is 18.3. The molecule has 1 nitrogen and oxygen atoms in total. The molecule has 31 heavy (non-hydrogen) atoms. The molecule has 0 N–H and O–H groups in total. The normalized spacial score (nSPS) is 11.8. The summed E-state index contributed by atoms with van der Waals surface area (Å²) in [5.41, 5.74) is 3.03. The highest BCUT2D eigenvalue weighted by Crippen LogP contribution is 2.34. The predicted molar refractivity (Wildman–Crippen MR) is 138 cm³/mol. The van der Waals surface area contributed by atoms with Crippen molar-refractivity contribution < 1.29 is 0 Å². The Morgan fingerprint density at radius 1 is 0.645 bits per heavy atom. The lowest BCUT2D eigenvalue weighted by Crippen LogP contribution is -2.00. The van der Waals surface area contributed by atoms with E-state index in [-0.39, 0.29) is 5.43 Å². The molecule has 0 aliphatic carbocycles. The van der Waals surface area contributed by atoms with Crippen LogP contribution in [-0.2, 0) is 12.8 Å². The highest BCUT2D eigenvalue weighted by Gasteiger charge is 2.11. The Hall–Kier alpha value is -2.71. The van der Waals surface area contributed by atoms with E-state index >= 15 is 0 Å². The second kappa shape index (κ2) is 8.43. The van der Waals surface area contributed by atoms with Crippen molar-refractivity contribution in [1.29, 1.82) is 0 Å².